The third-order valence-electron chi connectivity index (χ3n) is 4.66. The Balaban J connectivity index is 1.45. The number of carbonyl (C=O) groups is 1. The van der Waals surface area contributed by atoms with Gasteiger partial charge in [-0.1, -0.05) is 35.3 Å². The number of rotatable bonds is 8. The molecule has 0 saturated heterocycles. The van der Waals surface area contributed by atoms with Gasteiger partial charge in [-0.25, -0.2) is 0 Å². The highest BCUT2D eigenvalue weighted by atomic mass is 35.5. The SMILES string of the molecule is CCOc1ccccc1Oc1coc2cc(OCC(=O)Nc3ccc(Cl)c(Cl)c3)ccc2c1=O. The molecule has 1 amide bonds. The summed E-state index contributed by atoms with van der Waals surface area (Å²) in [6.45, 7) is 2.06. The fourth-order valence-electron chi connectivity index (χ4n) is 3.10. The van der Waals surface area contributed by atoms with E-state index in [1.54, 1.807) is 48.5 Å². The highest BCUT2D eigenvalue weighted by Crippen LogP contribution is 2.31. The number of para-hydroxylation sites is 2. The Morgan fingerprint density at radius 1 is 0.941 bits per heavy atom. The third kappa shape index (κ3) is 5.44. The van der Waals surface area contributed by atoms with Crippen molar-refractivity contribution in [3.8, 4) is 23.0 Å². The molecule has 4 aromatic rings. The van der Waals surface area contributed by atoms with Crippen molar-refractivity contribution in [3.05, 3.63) is 87.2 Å². The number of hydrogen-bond acceptors (Lipinski definition) is 6. The summed E-state index contributed by atoms with van der Waals surface area (Å²) in [7, 11) is 0. The molecule has 0 spiro atoms. The monoisotopic (exact) mass is 499 g/mol. The molecule has 0 fully saturated rings. The number of hydrogen-bond donors (Lipinski definition) is 1. The third-order valence-corrected chi connectivity index (χ3v) is 5.40. The highest BCUT2D eigenvalue weighted by molar-refractivity contribution is 6.42. The van der Waals surface area contributed by atoms with Crippen LogP contribution in [0.1, 0.15) is 6.92 Å². The Morgan fingerprint density at radius 3 is 2.50 bits per heavy atom. The molecule has 3 aromatic carbocycles. The van der Waals surface area contributed by atoms with Crippen LogP contribution in [0.25, 0.3) is 11.0 Å². The Labute approximate surface area is 204 Å². The molecule has 7 nitrogen and oxygen atoms in total. The molecule has 9 heteroatoms. The Morgan fingerprint density at radius 2 is 1.74 bits per heavy atom. The summed E-state index contributed by atoms with van der Waals surface area (Å²) in [6, 6.07) is 16.5. The minimum atomic E-state index is -0.392. The van der Waals surface area contributed by atoms with E-state index in [9.17, 15) is 9.59 Å². The van der Waals surface area contributed by atoms with Crippen molar-refractivity contribution in [2.45, 2.75) is 6.92 Å². The molecular weight excluding hydrogens is 481 g/mol. The van der Waals surface area contributed by atoms with Gasteiger partial charge in [-0.2, -0.15) is 0 Å². The number of fused-ring (bicyclic) bond motifs is 1. The van der Waals surface area contributed by atoms with Crippen LogP contribution >= 0.6 is 23.2 Å². The number of carbonyl (C=O) groups excluding carboxylic acids is 1. The number of ether oxygens (including phenoxy) is 3. The minimum absolute atomic E-state index is 0.0225. The van der Waals surface area contributed by atoms with Crippen LogP contribution in [0.15, 0.2) is 76.1 Å². The van der Waals surface area contributed by atoms with E-state index >= 15 is 0 Å². The molecule has 4 rings (SSSR count). The summed E-state index contributed by atoms with van der Waals surface area (Å²) in [5.74, 6) is 0.914. The van der Waals surface area contributed by atoms with Gasteiger partial charge < -0.3 is 23.9 Å². The van der Waals surface area contributed by atoms with Gasteiger partial charge in [-0.3, -0.25) is 9.59 Å². The van der Waals surface area contributed by atoms with E-state index < -0.39 is 5.91 Å². The Kier molecular flexibility index (Phi) is 7.25. The first-order valence-corrected chi connectivity index (χ1v) is 11.0. The first kappa shape index (κ1) is 23.5. The fourth-order valence-corrected chi connectivity index (χ4v) is 3.40. The van der Waals surface area contributed by atoms with Crippen LogP contribution in [0, 0.1) is 0 Å². The van der Waals surface area contributed by atoms with Crippen LogP contribution in [0.3, 0.4) is 0 Å². The lowest BCUT2D eigenvalue weighted by Gasteiger charge is -2.11. The predicted molar refractivity (Wildman–Crippen MR) is 131 cm³/mol. The Hall–Kier alpha value is -3.68. The quantitative estimate of drug-likeness (QED) is 0.305. The van der Waals surface area contributed by atoms with Gasteiger partial charge in [0.05, 0.1) is 22.0 Å². The van der Waals surface area contributed by atoms with Gasteiger partial charge in [0.1, 0.15) is 17.6 Å². The summed E-state index contributed by atoms with van der Waals surface area (Å²) >= 11 is 11.8. The van der Waals surface area contributed by atoms with Crippen molar-refractivity contribution in [2.24, 2.45) is 0 Å². The molecule has 0 aliphatic carbocycles. The van der Waals surface area contributed by atoms with Gasteiger partial charge in [-0.15, -0.1) is 0 Å². The molecule has 0 unspecified atom stereocenters. The van der Waals surface area contributed by atoms with Crippen LogP contribution in [0.5, 0.6) is 23.0 Å². The number of benzene rings is 3. The molecule has 0 atom stereocenters. The molecule has 1 N–H and O–H groups in total. The van der Waals surface area contributed by atoms with Crippen molar-refractivity contribution >= 4 is 45.8 Å². The van der Waals surface area contributed by atoms with Crippen molar-refractivity contribution in [3.63, 3.8) is 0 Å². The lowest BCUT2D eigenvalue weighted by molar-refractivity contribution is -0.118. The molecule has 34 heavy (non-hydrogen) atoms. The fraction of sp³-hybridized carbons (Fsp3) is 0.120. The van der Waals surface area contributed by atoms with Gasteiger partial charge in [0.15, 0.2) is 18.1 Å². The van der Waals surface area contributed by atoms with Gasteiger partial charge in [0.25, 0.3) is 5.91 Å². The van der Waals surface area contributed by atoms with Crippen molar-refractivity contribution < 1.29 is 23.4 Å². The van der Waals surface area contributed by atoms with Crippen molar-refractivity contribution in [1.82, 2.24) is 0 Å². The maximum absolute atomic E-state index is 12.9. The number of amides is 1. The van der Waals surface area contributed by atoms with Crippen molar-refractivity contribution in [1.29, 1.82) is 0 Å². The molecular formula is C25H19Cl2NO6. The summed E-state index contributed by atoms with van der Waals surface area (Å²) < 4.78 is 22.4. The predicted octanol–water partition coefficient (Wildman–Crippen LogP) is 6.31. The van der Waals surface area contributed by atoms with Crippen LogP contribution < -0.4 is 25.0 Å². The van der Waals surface area contributed by atoms with E-state index in [1.807, 2.05) is 13.0 Å². The molecule has 174 valence electrons. The average molecular weight is 500 g/mol. The first-order valence-electron chi connectivity index (χ1n) is 10.3. The topological polar surface area (TPSA) is 87.0 Å². The van der Waals surface area contributed by atoms with Gasteiger partial charge in [0, 0.05) is 11.8 Å². The summed E-state index contributed by atoms with van der Waals surface area (Å²) in [4.78, 5) is 25.1. The Bertz CT molecular complexity index is 1400. The van der Waals surface area contributed by atoms with E-state index in [1.165, 1.54) is 12.3 Å². The lowest BCUT2D eigenvalue weighted by atomic mass is 10.2. The maximum Gasteiger partial charge on any atom is 0.262 e. The molecule has 1 aromatic heterocycles. The zero-order chi connectivity index (χ0) is 24.1. The molecule has 0 aliphatic rings. The van der Waals surface area contributed by atoms with Crippen molar-refractivity contribution in [2.75, 3.05) is 18.5 Å². The zero-order valence-electron chi connectivity index (χ0n) is 18.0. The second-order valence-electron chi connectivity index (χ2n) is 7.03. The summed E-state index contributed by atoms with van der Waals surface area (Å²) in [5.41, 5.74) is 0.431. The zero-order valence-corrected chi connectivity index (χ0v) is 19.5. The standard InChI is InChI=1S/C25H19Cl2NO6/c1-2-31-20-5-3-4-6-21(20)34-23-13-33-22-12-16(8-9-17(22)25(23)30)32-14-24(29)28-15-7-10-18(26)19(27)11-15/h3-13H,2,14H2,1H3,(H,28,29). The molecule has 0 radical (unpaired) electrons. The highest BCUT2D eigenvalue weighted by Gasteiger charge is 2.13. The van der Waals surface area contributed by atoms with Crippen LogP contribution in [0.2, 0.25) is 10.0 Å². The second kappa shape index (κ2) is 10.5. The number of nitrogens with one attached hydrogen (secondary N) is 1. The maximum atomic E-state index is 12.9. The largest absolute Gasteiger partial charge is 0.490 e. The van der Waals surface area contributed by atoms with Crippen LogP contribution in [0.4, 0.5) is 5.69 Å². The van der Waals surface area contributed by atoms with E-state index in [4.69, 9.17) is 41.8 Å². The minimum Gasteiger partial charge on any atom is -0.490 e. The molecule has 0 saturated carbocycles. The second-order valence-corrected chi connectivity index (χ2v) is 7.85. The van der Waals surface area contributed by atoms with E-state index in [-0.39, 0.29) is 23.4 Å². The van der Waals surface area contributed by atoms with Gasteiger partial charge in [0.2, 0.25) is 11.2 Å². The van der Waals surface area contributed by atoms with E-state index in [0.29, 0.717) is 45.0 Å². The average Bonchev–Trinajstić information content (AvgIpc) is 2.83. The summed E-state index contributed by atoms with van der Waals surface area (Å²) in [6.07, 6.45) is 1.23. The van der Waals surface area contributed by atoms with E-state index in [0.717, 1.165) is 0 Å². The molecule has 0 bridgehead atoms. The van der Waals surface area contributed by atoms with Gasteiger partial charge >= 0.3 is 0 Å². The number of anilines is 1. The van der Waals surface area contributed by atoms with Crippen LogP contribution in [-0.2, 0) is 4.79 Å². The summed E-state index contributed by atoms with van der Waals surface area (Å²) in [5, 5.41) is 3.69. The normalized spacial score (nSPS) is 10.7. The van der Waals surface area contributed by atoms with E-state index in [2.05, 4.69) is 5.32 Å². The molecule has 1 heterocycles. The molecule has 0 aliphatic heterocycles. The smallest absolute Gasteiger partial charge is 0.262 e. The number of halogens is 2. The van der Waals surface area contributed by atoms with Crippen LogP contribution in [-0.4, -0.2) is 19.1 Å². The van der Waals surface area contributed by atoms with Gasteiger partial charge in [-0.05, 0) is 49.4 Å². The first-order chi connectivity index (χ1) is 16.4. The lowest BCUT2D eigenvalue weighted by Crippen LogP contribution is -2.20.